The summed E-state index contributed by atoms with van der Waals surface area (Å²) in [6.07, 6.45) is 2.75. The van der Waals surface area contributed by atoms with Crippen molar-refractivity contribution in [2.45, 2.75) is 59.1 Å². The lowest BCUT2D eigenvalue weighted by Crippen LogP contribution is -2.43. The first-order chi connectivity index (χ1) is 9.51. The van der Waals surface area contributed by atoms with Crippen LogP contribution in [0.3, 0.4) is 0 Å². The number of carbonyl (C=O) groups excluding carboxylic acids is 1. The van der Waals surface area contributed by atoms with Crippen LogP contribution in [0.15, 0.2) is 29.4 Å². The average Bonchev–Trinajstić information content (AvgIpc) is 2.49. The Morgan fingerprint density at radius 1 is 1.40 bits per heavy atom. The lowest BCUT2D eigenvalue weighted by Gasteiger charge is -2.37. The molecule has 1 aliphatic heterocycles. The van der Waals surface area contributed by atoms with Gasteiger partial charge in [-0.25, -0.2) is 9.79 Å². The Morgan fingerprint density at radius 3 is 2.45 bits per heavy atom. The van der Waals surface area contributed by atoms with E-state index in [2.05, 4.69) is 31.8 Å². The molecule has 2 atom stereocenters. The highest BCUT2D eigenvalue weighted by molar-refractivity contribution is 5.81. The van der Waals surface area contributed by atoms with Crippen LogP contribution < -0.4 is 0 Å². The van der Waals surface area contributed by atoms with Crippen LogP contribution in [0.2, 0.25) is 0 Å². The minimum Gasteiger partial charge on any atom is -0.378 e. The van der Waals surface area contributed by atoms with Crippen LogP contribution in [0.1, 0.15) is 47.0 Å². The van der Waals surface area contributed by atoms with Gasteiger partial charge in [-0.3, -0.25) is 4.90 Å². The molecule has 1 aliphatic rings. The number of hydrogen-bond acceptors (Lipinski definition) is 2. The van der Waals surface area contributed by atoms with E-state index < -0.39 is 0 Å². The van der Waals surface area contributed by atoms with Crippen molar-refractivity contribution in [3.05, 3.63) is 24.4 Å². The number of nitrogens with zero attached hydrogens (tertiary/aromatic N) is 2. The van der Waals surface area contributed by atoms with Crippen molar-refractivity contribution in [1.82, 2.24) is 4.90 Å². The van der Waals surface area contributed by atoms with Gasteiger partial charge >= 0.3 is 6.03 Å². The van der Waals surface area contributed by atoms with Gasteiger partial charge in [-0.1, -0.05) is 33.9 Å². The zero-order valence-corrected chi connectivity index (χ0v) is 13.3. The number of amides is 2. The number of allylic oxidation sites excluding steroid dienone is 1. The fourth-order valence-corrected chi connectivity index (χ4v) is 2.15. The lowest BCUT2D eigenvalue weighted by atomic mass is 9.99. The SMILES string of the molecule is C=NC(=O)N(C(=C)C(=C)C)C1CCOC(CC)C1.CC. The van der Waals surface area contributed by atoms with Crippen molar-refractivity contribution in [3.63, 3.8) is 0 Å². The normalized spacial score (nSPS) is 21.2. The molecule has 20 heavy (non-hydrogen) atoms. The second-order valence-corrected chi connectivity index (χ2v) is 4.62. The van der Waals surface area contributed by atoms with Gasteiger partial charge in [0, 0.05) is 18.3 Å². The van der Waals surface area contributed by atoms with E-state index in [0.717, 1.165) is 24.8 Å². The molecule has 4 nitrogen and oxygen atoms in total. The number of urea groups is 1. The molecule has 4 heteroatoms. The van der Waals surface area contributed by atoms with E-state index >= 15 is 0 Å². The van der Waals surface area contributed by atoms with Gasteiger partial charge in [0.15, 0.2) is 0 Å². The second kappa shape index (κ2) is 9.48. The van der Waals surface area contributed by atoms with E-state index in [-0.39, 0.29) is 18.2 Å². The summed E-state index contributed by atoms with van der Waals surface area (Å²) in [5.74, 6) is 0. The van der Waals surface area contributed by atoms with Gasteiger partial charge in [0.25, 0.3) is 0 Å². The maximum Gasteiger partial charge on any atom is 0.347 e. The molecular weight excluding hydrogens is 252 g/mol. The summed E-state index contributed by atoms with van der Waals surface area (Å²) in [7, 11) is 0. The highest BCUT2D eigenvalue weighted by atomic mass is 16.5. The van der Waals surface area contributed by atoms with Gasteiger partial charge < -0.3 is 4.74 Å². The largest absolute Gasteiger partial charge is 0.378 e. The summed E-state index contributed by atoms with van der Waals surface area (Å²) < 4.78 is 5.62. The fraction of sp³-hybridized carbons (Fsp3) is 0.625. The first-order valence-corrected chi connectivity index (χ1v) is 7.27. The second-order valence-electron chi connectivity index (χ2n) is 4.62. The maximum absolute atomic E-state index is 11.9. The number of aliphatic imine (C=N–C) groups is 1. The molecule has 1 rings (SSSR count). The predicted octanol–water partition coefficient (Wildman–Crippen LogP) is 4.18. The van der Waals surface area contributed by atoms with Gasteiger partial charge in [-0.2, -0.15) is 0 Å². The van der Waals surface area contributed by atoms with Crippen LogP contribution in [-0.2, 0) is 4.74 Å². The van der Waals surface area contributed by atoms with Crippen LogP contribution in [0.5, 0.6) is 0 Å². The Labute approximate surface area is 123 Å². The highest BCUT2D eigenvalue weighted by Crippen LogP contribution is 2.26. The molecule has 0 N–H and O–H groups in total. The van der Waals surface area contributed by atoms with Crippen LogP contribution in [0.4, 0.5) is 4.79 Å². The van der Waals surface area contributed by atoms with E-state index in [4.69, 9.17) is 4.74 Å². The quantitative estimate of drug-likeness (QED) is 0.572. The monoisotopic (exact) mass is 280 g/mol. The summed E-state index contributed by atoms with van der Waals surface area (Å²) in [5, 5.41) is 0. The number of carbonyl (C=O) groups is 1. The molecule has 2 unspecified atom stereocenters. The molecule has 0 aromatic heterocycles. The number of rotatable bonds is 4. The molecule has 0 aliphatic carbocycles. The minimum absolute atomic E-state index is 0.0749. The van der Waals surface area contributed by atoms with E-state index in [1.165, 1.54) is 0 Å². The predicted molar refractivity (Wildman–Crippen MR) is 85.1 cm³/mol. The van der Waals surface area contributed by atoms with Crippen LogP contribution in [0.25, 0.3) is 0 Å². The average molecular weight is 280 g/mol. The van der Waals surface area contributed by atoms with Gasteiger partial charge in [0.2, 0.25) is 0 Å². The number of ether oxygens (including phenoxy) is 1. The molecule has 1 fully saturated rings. The lowest BCUT2D eigenvalue weighted by molar-refractivity contribution is -0.0138. The Bertz CT molecular complexity index is 363. The van der Waals surface area contributed by atoms with Crippen molar-refractivity contribution in [1.29, 1.82) is 0 Å². The third-order valence-corrected chi connectivity index (χ3v) is 3.28. The molecular formula is C16H28N2O2. The van der Waals surface area contributed by atoms with Crippen molar-refractivity contribution in [2.75, 3.05) is 6.61 Å². The van der Waals surface area contributed by atoms with Crippen LogP contribution in [-0.4, -0.2) is 36.4 Å². The smallest absolute Gasteiger partial charge is 0.347 e. The topological polar surface area (TPSA) is 41.9 Å². The van der Waals surface area contributed by atoms with Crippen molar-refractivity contribution in [3.8, 4) is 0 Å². The molecule has 0 aromatic carbocycles. The van der Waals surface area contributed by atoms with E-state index in [1.54, 1.807) is 4.90 Å². The Balaban J connectivity index is 0.00000172. The number of hydrogen-bond donors (Lipinski definition) is 0. The Kier molecular flexibility index (Phi) is 8.81. The van der Waals surface area contributed by atoms with Gasteiger partial charge in [-0.15, -0.1) is 0 Å². The maximum atomic E-state index is 11.9. The molecule has 114 valence electrons. The molecule has 1 heterocycles. The molecule has 0 radical (unpaired) electrons. The molecule has 0 saturated carbocycles. The van der Waals surface area contributed by atoms with Crippen LogP contribution in [0, 0.1) is 0 Å². The van der Waals surface area contributed by atoms with Crippen LogP contribution >= 0.6 is 0 Å². The van der Waals surface area contributed by atoms with Crippen molar-refractivity contribution in [2.24, 2.45) is 4.99 Å². The molecule has 2 amide bonds. The van der Waals surface area contributed by atoms with Gasteiger partial charge in [0.05, 0.1) is 6.10 Å². The van der Waals surface area contributed by atoms with Gasteiger partial charge in [-0.05, 0) is 38.5 Å². The third-order valence-electron chi connectivity index (χ3n) is 3.28. The fourth-order valence-electron chi connectivity index (χ4n) is 2.15. The third kappa shape index (κ3) is 4.93. The summed E-state index contributed by atoms with van der Waals surface area (Å²) in [4.78, 5) is 17.0. The Morgan fingerprint density at radius 2 is 2.00 bits per heavy atom. The molecule has 0 spiro atoms. The summed E-state index contributed by atoms with van der Waals surface area (Å²) >= 11 is 0. The first kappa shape index (κ1) is 18.6. The molecule has 0 aromatic rings. The zero-order chi connectivity index (χ0) is 15.7. The van der Waals surface area contributed by atoms with E-state index in [1.807, 2.05) is 20.8 Å². The highest BCUT2D eigenvalue weighted by Gasteiger charge is 2.31. The van der Waals surface area contributed by atoms with Crippen molar-refractivity contribution < 1.29 is 9.53 Å². The molecule has 1 saturated heterocycles. The minimum atomic E-state index is -0.357. The summed E-state index contributed by atoms with van der Waals surface area (Å²) in [6, 6.07) is -0.282. The standard InChI is InChI=1S/C14H22N2O2.C2H6/c1-6-13-9-12(7-8-18-13)16(14(17)15-5)11(4)10(2)3;1-2/h12-13H,2,4-9H2,1,3H3;1-2H3. The van der Waals surface area contributed by atoms with Crippen molar-refractivity contribution >= 4 is 12.7 Å². The van der Waals surface area contributed by atoms with E-state index in [9.17, 15) is 4.79 Å². The Hall–Kier alpha value is -1.42. The first-order valence-electron chi connectivity index (χ1n) is 7.27. The van der Waals surface area contributed by atoms with E-state index in [0.29, 0.717) is 12.3 Å². The molecule has 0 bridgehead atoms. The van der Waals surface area contributed by atoms with Gasteiger partial charge in [0.1, 0.15) is 0 Å². The summed E-state index contributed by atoms with van der Waals surface area (Å²) in [5.41, 5.74) is 1.39. The summed E-state index contributed by atoms with van der Waals surface area (Å²) in [6.45, 7) is 19.7. The zero-order valence-electron chi connectivity index (χ0n) is 13.3.